The zero-order chi connectivity index (χ0) is 15.6. The molecule has 3 aliphatic rings. The topological polar surface area (TPSA) is 57.5 Å². The first kappa shape index (κ1) is 17.0. The average molecular weight is 328 g/mol. The Morgan fingerprint density at radius 3 is 1.50 bits per heavy atom. The van der Waals surface area contributed by atoms with Crippen molar-refractivity contribution in [2.24, 2.45) is 0 Å². The predicted octanol–water partition coefficient (Wildman–Crippen LogP) is 4.29. The van der Waals surface area contributed by atoms with Crippen LogP contribution in [-0.4, -0.2) is 39.4 Å². The summed E-state index contributed by atoms with van der Waals surface area (Å²) in [6.07, 6.45) is 12.9. The average Bonchev–Trinajstić information content (AvgIpc) is 2.55. The Morgan fingerprint density at radius 1 is 0.591 bits per heavy atom. The molecule has 3 saturated carbocycles. The third-order valence-electron chi connectivity index (χ3n) is 6.52. The second-order valence-electron chi connectivity index (χ2n) is 8.00. The Kier molecular flexibility index (Phi) is 5.69. The highest BCUT2D eigenvalue weighted by Gasteiger charge is 2.48. The molecule has 0 spiro atoms. The van der Waals surface area contributed by atoms with Crippen LogP contribution in [0.3, 0.4) is 0 Å². The Labute approximate surface area is 135 Å². The van der Waals surface area contributed by atoms with Crippen LogP contribution in [0.2, 0.25) is 0 Å². The lowest BCUT2D eigenvalue weighted by atomic mass is 9.96. The van der Waals surface area contributed by atoms with Crippen molar-refractivity contribution in [3.05, 3.63) is 0 Å². The van der Waals surface area contributed by atoms with Gasteiger partial charge in [-0.3, -0.25) is 0 Å². The van der Waals surface area contributed by atoms with E-state index in [9.17, 15) is 14.8 Å². The first-order valence-corrected chi connectivity index (χ1v) is 11.5. The summed E-state index contributed by atoms with van der Waals surface area (Å²) in [5.41, 5.74) is 0.844. The van der Waals surface area contributed by atoms with Crippen LogP contribution in [0.15, 0.2) is 0 Å². The summed E-state index contributed by atoms with van der Waals surface area (Å²) in [6, 6.07) is 0. The minimum absolute atomic E-state index is 0.231. The summed E-state index contributed by atoms with van der Waals surface area (Å²) in [4.78, 5) is 0. The van der Waals surface area contributed by atoms with E-state index in [2.05, 4.69) is 0 Å². The standard InChI is InChI=1S/C18H33O3P/c19-14-6-4-10-17(12-14)22(21,16-8-2-1-3-9-16)18-11-5-7-15(20)13-18/h14-20H,1-13H2. The smallest absolute Gasteiger partial charge is 0.0966 e. The minimum atomic E-state index is -2.34. The second kappa shape index (κ2) is 7.36. The molecule has 4 atom stereocenters. The molecule has 0 aliphatic heterocycles. The van der Waals surface area contributed by atoms with Crippen LogP contribution >= 0.6 is 7.14 Å². The molecule has 128 valence electrons. The summed E-state index contributed by atoms with van der Waals surface area (Å²) >= 11 is 0. The van der Waals surface area contributed by atoms with Gasteiger partial charge in [0.05, 0.1) is 19.3 Å². The third kappa shape index (κ3) is 3.47. The first-order valence-electron chi connectivity index (χ1n) is 9.56. The first-order chi connectivity index (χ1) is 10.6. The van der Waals surface area contributed by atoms with Crippen molar-refractivity contribution in [1.82, 2.24) is 0 Å². The van der Waals surface area contributed by atoms with Gasteiger partial charge in [-0.15, -0.1) is 0 Å². The fraction of sp³-hybridized carbons (Fsp3) is 1.00. The normalized spacial score (nSPS) is 41.0. The van der Waals surface area contributed by atoms with E-state index in [-0.39, 0.29) is 23.5 Å². The molecule has 0 bridgehead atoms. The van der Waals surface area contributed by atoms with E-state index < -0.39 is 7.14 Å². The quantitative estimate of drug-likeness (QED) is 0.760. The van der Waals surface area contributed by atoms with Gasteiger partial charge in [-0.1, -0.05) is 32.1 Å². The van der Waals surface area contributed by atoms with Gasteiger partial charge >= 0.3 is 0 Å². The van der Waals surface area contributed by atoms with E-state index in [4.69, 9.17) is 0 Å². The molecule has 3 rings (SSSR count). The van der Waals surface area contributed by atoms with E-state index in [0.29, 0.717) is 5.66 Å². The summed E-state index contributed by atoms with van der Waals surface area (Å²) in [7, 11) is -2.34. The molecule has 0 radical (unpaired) electrons. The van der Waals surface area contributed by atoms with Crippen LogP contribution in [0.1, 0.15) is 83.5 Å². The molecule has 3 nitrogen and oxygen atoms in total. The monoisotopic (exact) mass is 328 g/mol. The number of hydrogen-bond acceptors (Lipinski definition) is 3. The highest BCUT2D eigenvalue weighted by atomic mass is 31.2. The molecule has 4 unspecified atom stereocenters. The molecule has 3 aliphatic carbocycles. The fourth-order valence-electron chi connectivity index (χ4n) is 5.39. The molecule has 0 aromatic carbocycles. The van der Waals surface area contributed by atoms with Gasteiger partial charge in [-0.25, -0.2) is 0 Å². The highest BCUT2D eigenvalue weighted by molar-refractivity contribution is 7.66. The van der Waals surface area contributed by atoms with Crippen LogP contribution in [0, 0.1) is 0 Å². The van der Waals surface area contributed by atoms with Crippen molar-refractivity contribution in [3.8, 4) is 0 Å². The van der Waals surface area contributed by atoms with Gasteiger partial charge < -0.3 is 14.8 Å². The molecule has 0 amide bonds. The van der Waals surface area contributed by atoms with Crippen LogP contribution in [0.25, 0.3) is 0 Å². The van der Waals surface area contributed by atoms with Gasteiger partial charge in [0.2, 0.25) is 0 Å². The number of rotatable bonds is 3. The van der Waals surface area contributed by atoms with E-state index in [0.717, 1.165) is 64.2 Å². The van der Waals surface area contributed by atoms with Gasteiger partial charge in [0.15, 0.2) is 0 Å². The molecule has 22 heavy (non-hydrogen) atoms. The summed E-state index contributed by atoms with van der Waals surface area (Å²) < 4.78 is 14.3. The van der Waals surface area contributed by atoms with Crippen molar-refractivity contribution in [2.45, 2.75) is 113 Å². The fourth-order valence-corrected chi connectivity index (χ4v) is 10.7. The zero-order valence-corrected chi connectivity index (χ0v) is 14.7. The summed E-state index contributed by atoms with van der Waals surface area (Å²) in [6.45, 7) is 0. The second-order valence-corrected chi connectivity index (χ2v) is 11.7. The van der Waals surface area contributed by atoms with Crippen LogP contribution < -0.4 is 0 Å². The van der Waals surface area contributed by atoms with Crippen molar-refractivity contribution in [1.29, 1.82) is 0 Å². The Balaban J connectivity index is 1.84. The molecule has 2 N–H and O–H groups in total. The molecular formula is C18H33O3P. The zero-order valence-electron chi connectivity index (χ0n) is 13.8. The number of aliphatic hydroxyl groups excluding tert-OH is 2. The minimum Gasteiger partial charge on any atom is -0.393 e. The van der Waals surface area contributed by atoms with Crippen molar-refractivity contribution in [2.75, 3.05) is 0 Å². The van der Waals surface area contributed by atoms with E-state index in [1.807, 2.05) is 0 Å². The Morgan fingerprint density at radius 2 is 1.05 bits per heavy atom. The van der Waals surface area contributed by atoms with Crippen LogP contribution in [0.4, 0.5) is 0 Å². The van der Waals surface area contributed by atoms with Gasteiger partial charge in [-0.2, -0.15) is 0 Å². The Bertz CT molecular complexity index is 379. The van der Waals surface area contributed by atoms with Crippen molar-refractivity contribution in [3.63, 3.8) is 0 Å². The molecule has 0 saturated heterocycles. The van der Waals surface area contributed by atoms with Gasteiger partial charge in [-0.05, 0) is 51.4 Å². The number of aliphatic hydroxyl groups is 2. The van der Waals surface area contributed by atoms with Crippen molar-refractivity contribution < 1.29 is 14.8 Å². The molecule has 0 aromatic rings. The summed E-state index contributed by atoms with van der Waals surface area (Å²) in [5.74, 6) is 0. The van der Waals surface area contributed by atoms with Crippen LogP contribution in [-0.2, 0) is 4.57 Å². The lowest BCUT2D eigenvalue weighted by Gasteiger charge is -2.45. The van der Waals surface area contributed by atoms with Crippen molar-refractivity contribution >= 4 is 7.14 Å². The van der Waals surface area contributed by atoms with Gasteiger partial charge in [0.1, 0.15) is 0 Å². The lowest BCUT2D eigenvalue weighted by molar-refractivity contribution is 0.124. The molecule has 4 heteroatoms. The maximum Gasteiger partial charge on any atom is 0.0966 e. The largest absolute Gasteiger partial charge is 0.393 e. The molecule has 3 fully saturated rings. The highest BCUT2D eigenvalue weighted by Crippen LogP contribution is 2.68. The van der Waals surface area contributed by atoms with Gasteiger partial charge in [0, 0.05) is 17.0 Å². The van der Waals surface area contributed by atoms with Gasteiger partial charge in [0.25, 0.3) is 0 Å². The molecule has 0 heterocycles. The van der Waals surface area contributed by atoms with Crippen LogP contribution in [0.5, 0.6) is 0 Å². The van der Waals surface area contributed by atoms with E-state index >= 15 is 0 Å². The Hall–Kier alpha value is 0.150. The maximum absolute atomic E-state index is 14.3. The molecular weight excluding hydrogens is 295 g/mol. The van der Waals surface area contributed by atoms with E-state index in [1.54, 1.807) is 0 Å². The maximum atomic E-state index is 14.3. The predicted molar refractivity (Wildman–Crippen MR) is 91.0 cm³/mol. The summed E-state index contributed by atoms with van der Waals surface area (Å²) in [5, 5.41) is 20.2. The lowest BCUT2D eigenvalue weighted by Crippen LogP contribution is -2.36. The third-order valence-corrected chi connectivity index (χ3v) is 11.4. The SMILES string of the molecule is O=P(C1CCCCC1)(C1CCCC(O)C1)C1CCCC(O)C1. The molecule has 0 aromatic heterocycles. The number of hydrogen-bond donors (Lipinski definition) is 2. The van der Waals surface area contributed by atoms with E-state index in [1.165, 1.54) is 19.3 Å².